The Morgan fingerprint density at radius 1 is 1.17 bits per heavy atom. The largest absolute Gasteiger partial charge is 0.326 e. The van der Waals surface area contributed by atoms with Gasteiger partial charge in [0.2, 0.25) is 0 Å². The fraction of sp³-hybridized carbons (Fsp3) is 0.667. The molecule has 0 saturated carbocycles. The summed E-state index contributed by atoms with van der Waals surface area (Å²) in [6, 6.07) is 5.18. The highest BCUT2D eigenvalue weighted by Gasteiger charge is 2.27. The highest BCUT2D eigenvalue weighted by molar-refractivity contribution is 5.17. The molecular weight excluding hydrogens is 222 g/mol. The molecule has 102 valence electrons. The van der Waals surface area contributed by atoms with Crippen molar-refractivity contribution in [3.8, 4) is 0 Å². The molecule has 3 atom stereocenters. The van der Waals surface area contributed by atoms with Crippen LogP contribution in [0.25, 0.3) is 0 Å². The first kappa shape index (κ1) is 15.1. The van der Waals surface area contributed by atoms with Gasteiger partial charge in [0.15, 0.2) is 0 Å². The van der Waals surface area contributed by atoms with Crippen molar-refractivity contribution in [3.63, 3.8) is 0 Å². The van der Waals surface area contributed by atoms with Gasteiger partial charge in [0.05, 0.1) is 6.04 Å². The number of aromatic nitrogens is 1. The van der Waals surface area contributed by atoms with Crippen molar-refractivity contribution in [3.05, 3.63) is 30.1 Å². The van der Waals surface area contributed by atoms with Crippen LogP contribution in [-0.4, -0.2) is 28.5 Å². The molecule has 0 aliphatic carbocycles. The number of pyridine rings is 1. The van der Waals surface area contributed by atoms with E-state index >= 15 is 0 Å². The monoisotopic (exact) mass is 249 g/mol. The summed E-state index contributed by atoms with van der Waals surface area (Å²) in [5.41, 5.74) is 7.64. The summed E-state index contributed by atoms with van der Waals surface area (Å²) < 4.78 is 0. The second-order valence-electron chi connectivity index (χ2n) is 4.89. The van der Waals surface area contributed by atoms with E-state index in [1.165, 1.54) is 5.56 Å². The molecule has 1 heterocycles. The zero-order valence-electron chi connectivity index (χ0n) is 12.1. The zero-order valence-corrected chi connectivity index (χ0v) is 12.1. The Balaban J connectivity index is 3.04. The Kier molecular flexibility index (Phi) is 6.30. The lowest BCUT2D eigenvalue weighted by Crippen LogP contribution is -2.44. The molecule has 0 radical (unpaired) electrons. The zero-order chi connectivity index (χ0) is 13.5. The fourth-order valence-corrected chi connectivity index (χ4v) is 2.49. The smallest absolute Gasteiger partial charge is 0.0502 e. The van der Waals surface area contributed by atoms with E-state index in [2.05, 4.69) is 49.7 Å². The van der Waals surface area contributed by atoms with E-state index in [0.29, 0.717) is 6.04 Å². The van der Waals surface area contributed by atoms with E-state index in [9.17, 15) is 0 Å². The molecule has 1 rings (SSSR count). The predicted molar refractivity (Wildman–Crippen MR) is 77.4 cm³/mol. The van der Waals surface area contributed by atoms with Gasteiger partial charge in [-0.15, -0.1) is 0 Å². The molecule has 0 aliphatic heterocycles. The van der Waals surface area contributed by atoms with Crippen LogP contribution in [-0.2, 0) is 0 Å². The van der Waals surface area contributed by atoms with Crippen LogP contribution >= 0.6 is 0 Å². The van der Waals surface area contributed by atoms with Gasteiger partial charge in [-0.05, 0) is 44.0 Å². The Hall–Kier alpha value is -0.930. The van der Waals surface area contributed by atoms with Crippen LogP contribution in [0.2, 0.25) is 0 Å². The van der Waals surface area contributed by atoms with Crippen LogP contribution in [0.15, 0.2) is 24.5 Å². The topological polar surface area (TPSA) is 42.1 Å². The first-order chi connectivity index (χ1) is 8.65. The van der Waals surface area contributed by atoms with E-state index in [1.54, 1.807) is 0 Å². The summed E-state index contributed by atoms with van der Waals surface area (Å²) in [5.74, 6) is 0. The minimum atomic E-state index is 0.168. The lowest BCUT2D eigenvalue weighted by molar-refractivity contribution is 0.125. The number of likely N-dealkylation sites (N-methyl/N-ethyl adjacent to an activating group) is 1. The van der Waals surface area contributed by atoms with E-state index < -0.39 is 0 Å². The van der Waals surface area contributed by atoms with Gasteiger partial charge in [-0.1, -0.05) is 20.8 Å². The summed E-state index contributed by atoms with van der Waals surface area (Å²) >= 11 is 0. The summed E-state index contributed by atoms with van der Waals surface area (Å²) in [6.45, 7) is 9.90. The first-order valence-electron chi connectivity index (χ1n) is 7.06. The molecule has 3 nitrogen and oxygen atoms in total. The van der Waals surface area contributed by atoms with Gasteiger partial charge in [0.25, 0.3) is 0 Å². The van der Waals surface area contributed by atoms with E-state index in [1.807, 2.05) is 12.4 Å². The molecule has 0 spiro atoms. The number of hydrogen-bond acceptors (Lipinski definition) is 3. The standard InChI is InChI=1S/C15H27N3/c1-5-12(4)18(7-3)15(14(16)6-2)13-8-10-17-11-9-13/h8-12,14-15H,5-7,16H2,1-4H3. The molecule has 0 fully saturated rings. The molecular formula is C15H27N3. The van der Waals surface area contributed by atoms with Gasteiger partial charge < -0.3 is 5.73 Å². The van der Waals surface area contributed by atoms with Crippen LogP contribution in [0.5, 0.6) is 0 Å². The highest BCUT2D eigenvalue weighted by atomic mass is 15.2. The van der Waals surface area contributed by atoms with Crippen LogP contribution in [0.1, 0.15) is 52.1 Å². The second kappa shape index (κ2) is 7.49. The molecule has 2 N–H and O–H groups in total. The third-order valence-corrected chi connectivity index (χ3v) is 3.80. The van der Waals surface area contributed by atoms with Crippen LogP contribution in [0.3, 0.4) is 0 Å². The predicted octanol–water partition coefficient (Wildman–Crippen LogP) is 2.98. The lowest BCUT2D eigenvalue weighted by Gasteiger charge is -2.38. The maximum atomic E-state index is 6.36. The third-order valence-electron chi connectivity index (χ3n) is 3.80. The van der Waals surface area contributed by atoms with Crippen LogP contribution in [0.4, 0.5) is 0 Å². The number of hydrogen-bond donors (Lipinski definition) is 1. The van der Waals surface area contributed by atoms with Crippen LogP contribution in [0, 0.1) is 0 Å². The van der Waals surface area contributed by atoms with Crippen molar-refractivity contribution < 1.29 is 0 Å². The van der Waals surface area contributed by atoms with Gasteiger partial charge >= 0.3 is 0 Å². The lowest BCUT2D eigenvalue weighted by atomic mass is 9.95. The van der Waals surface area contributed by atoms with Crippen molar-refractivity contribution in [2.45, 2.75) is 58.7 Å². The summed E-state index contributed by atoms with van der Waals surface area (Å²) in [7, 11) is 0. The van der Waals surface area contributed by atoms with Crippen molar-refractivity contribution in [1.29, 1.82) is 0 Å². The average Bonchev–Trinajstić information content (AvgIpc) is 2.43. The Morgan fingerprint density at radius 2 is 1.78 bits per heavy atom. The molecule has 1 aromatic heterocycles. The molecule has 0 amide bonds. The van der Waals surface area contributed by atoms with Gasteiger partial charge in [-0.25, -0.2) is 0 Å². The van der Waals surface area contributed by atoms with E-state index in [-0.39, 0.29) is 12.1 Å². The van der Waals surface area contributed by atoms with Crippen molar-refractivity contribution in [2.24, 2.45) is 5.73 Å². The maximum Gasteiger partial charge on any atom is 0.0502 e. The molecule has 0 saturated heterocycles. The molecule has 0 aromatic carbocycles. The average molecular weight is 249 g/mol. The SMILES string of the molecule is CCC(N)C(c1ccncc1)N(CC)C(C)CC. The number of nitrogens with zero attached hydrogens (tertiary/aromatic N) is 2. The number of nitrogens with two attached hydrogens (primary N) is 1. The van der Waals surface area contributed by atoms with E-state index in [0.717, 1.165) is 19.4 Å². The Morgan fingerprint density at radius 3 is 2.22 bits per heavy atom. The molecule has 3 heteroatoms. The Labute approximate surface area is 111 Å². The van der Waals surface area contributed by atoms with Crippen LogP contribution < -0.4 is 5.73 Å². The molecule has 0 bridgehead atoms. The Bertz CT molecular complexity index is 326. The normalized spacial score (nSPS) is 16.6. The first-order valence-corrected chi connectivity index (χ1v) is 7.06. The molecule has 1 aromatic rings. The highest BCUT2D eigenvalue weighted by Crippen LogP contribution is 2.27. The van der Waals surface area contributed by atoms with Crippen molar-refractivity contribution in [1.82, 2.24) is 9.88 Å². The fourth-order valence-electron chi connectivity index (χ4n) is 2.49. The molecule has 3 unspecified atom stereocenters. The van der Waals surface area contributed by atoms with Gasteiger partial charge in [-0.2, -0.15) is 0 Å². The van der Waals surface area contributed by atoms with E-state index in [4.69, 9.17) is 5.73 Å². The van der Waals surface area contributed by atoms with Gasteiger partial charge in [-0.3, -0.25) is 9.88 Å². The minimum absolute atomic E-state index is 0.168. The third kappa shape index (κ3) is 3.53. The second-order valence-corrected chi connectivity index (χ2v) is 4.89. The summed E-state index contributed by atoms with van der Waals surface area (Å²) in [5, 5.41) is 0. The van der Waals surface area contributed by atoms with Gasteiger partial charge in [0, 0.05) is 24.5 Å². The quantitative estimate of drug-likeness (QED) is 0.808. The van der Waals surface area contributed by atoms with Crippen molar-refractivity contribution in [2.75, 3.05) is 6.54 Å². The van der Waals surface area contributed by atoms with Crippen molar-refractivity contribution >= 4 is 0 Å². The maximum absolute atomic E-state index is 6.36. The summed E-state index contributed by atoms with van der Waals surface area (Å²) in [4.78, 5) is 6.61. The number of rotatable bonds is 7. The molecule has 0 aliphatic rings. The van der Waals surface area contributed by atoms with Gasteiger partial charge in [0.1, 0.15) is 0 Å². The molecule has 18 heavy (non-hydrogen) atoms. The summed E-state index contributed by atoms with van der Waals surface area (Å²) in [6.07, 6.45) is 5.84. The minimum Gasteiger partial charge on any atom is -0.326 e.